The standard InChI is InChI=1S/C31H23N5/c1-16-33-27-12-11-22-21-8-5-18(14-20(21)7-10-23(22)29(27)34-16)19-6-9-24-26(15-19)28-25(4-3-13-32-28)31-30(24)35-17(2)36-31/h3-6,8-9,11-15H,7,10H2,1-2H3,(H,33,34)(H,35,36). The van der Waals surface area contributed by atoms with Crippen molar-refractivity contribution in [1.82, 2.24) is 24.9 Å². The van der Waals surface area contributed by atoms with Crippen LogP contribution in [-0.2, 0) is 12.8 Å². The first-order valence-electron chi connectivity index (χ1n) is 12.4. The Morgan fingerprint density at radius 1 is 0.667 bits per heavy atom. The van der Waals surface area contributed by atoms with Gasteiger partial charge in [-0.3, -0.25) is 4.98 Å². The molecule has 5 heteroatoms. The van der Waals surface area contributed by atoms with Gasteiger partial charge in [-0.15, -0.1) is 0 Å². The number of aromatic amines is 2. The molecule has 1 aliphatic carbocycles. The van der Waals surface area contributed by atoms with Crippen LogP contribution in [0.15, 0.2) is 66.9 Å². The minimum atomic E-state index is 0.920. The quantitative estimate of drug-likeness (QED) is 0.252. The highest BCUT2D eigenvalue weighted by molar-refractivity contribution is 6.22. The first-order chi connectivity index (χ1) is 17.6. The predicted molar refractivity (Wildman–Crippen MR) is 146 cm³/mol. The van der Waals surface area contributed by atoms with Crippen molar-refractivity contribution < 1.29 is 0 Å². The lowest BCUT2D eigenvalue weighted by atomic mass is 9.83. The molecule has 0 fully saturated rings. The number of fused-ring (bicyclic) bond motifs is 11. The number of nitrogens with zero attached hydrogens (tertiary/aromatic N) is 3. The van der Waals surface area contributed by atoms with Crippen molar-refractivity contribution in [1.29, 1.82) is 0 Å². The third kappa shape index (κ3) is 2.68. The Hall–Kier alpha value is -4.51. The van der Waals surface area contributed by atoms with Crippen molar-refractivity contribution in [3.63, 3.8) is 0 Å². The summed E-state index contributed by atoms with van der Waals surface area (Å²) in [5.41, 5.74) is 13.2. The van der Waals surface area contributed by atoms with Crippen LogP contribution >= 0.6 is 0 Å². The number of H-pyrrole nitrogens is 2. The lowest BCUT2D eigenvalue weighted by Crippen LogP contribution is -2.05. The summed E-state index contributed by atoms with van der Waals surface area (Å²) in [6.07, 6.45) is 3.90. The molecule has 0 radical (unpaired) electrons. The summed E-state index contributed by atoms with van der Waals surface area (Å²) in [6, 6.07) is 22.1. The Labute approximate surface area is 207 Å². The molecule has 3 aromatic heterocycles. The van der Waals surface area contributed by atoms with Crippen LogP contribution in [0.25, 0.3) is 66.0 Å². The van der Waals surface area contributed by atoms with Crippen LogP contribution in [0.4, 0.5) is 0 Å². The normalized spacial score (nSPS) is 13.1. The summed E-state index contributed by atoms with van der Waals surface area (Å²) in [5, 5.41) is 3.40. The molecule has 7 aromatic rings. The van der Waals surface area contributed by atoms with E-state index >= 15 is 0 Å². The maximum absolute atomic E-state index is 4.77. The summed E-state index contributed by atoms with van der Waals surface area (Å²) in [4.78, 5) is 21.1. The number of hydrogen-bond acceptors (Lipinski definition) is 3. The number of benzene rings is 4. The molecule has 36 heavy (non-hydrogen) atoms. The van der Waals surface area contributed by atoms with Gasteiger partial charge in [0.1, 0.15) is 11.6 Å². The summed E-state index contributed by atoms with van der Waals surface area (Å²) in [5.74, 6) is 1.89. The van der Waals surface area contributed by atoms with Crippen molar-refractivity contribution >= 4 is 43.7 Å². The third-order valence-corrected chi connectivity index (χ3v) is 7.68. The van der Waals surface area contributed by atoms with Crippen LogP contribution in [0.1, 0.15) is 22.8 Å². The molecule has 0 saturated carbocycles. The molecule has 0 saturated heterocycles. The average molecular weight is 466 g/mol. The first-order valence-corrected chi connectivity index (χ1v) is 12.4. The summed E-state index contributed by atoms with van der Waals surface area (Å²) in [7, 11) is 0. The molecule has 3 heterocycles. The fraction of sp³-hybridized carbons (Fsp3) is 0.129. The number of aryl methyl sites for hydroxylation is 4. The minimum absolute atomic E-state index is 0.920. The number of nitrogens with one attached hydrogen (secondary N) is 2. The summed E-state index contributed by atoms with van der Waals surface area (Å²) in [6.45, 7) is 4.03. The van der Waals surface area contributed by atoms with Crippen LogP contribution in [0.2, 0.25) is 0 Å². The monoisotopic (exact) mass is 465 g/mol. The zero-order valence-corrected chi connectivity index (χ0v) is 20.1. The van der Waals surface area contributed by atoms with E-state index in [9.17, 15) is 0 Å². The van der Waals surface area contributed by atoms with Gasteiger partial charge in [0.05, 0.1) is 27.6 Å². The average Bonchev–Trinajstić information content (AvgIpc) is 3.49. The van der Waals surface area contributed by atoms with Gasteiger partial charge in [0.25, 0.3) is 0 Å². The topological polar surface area (TPSA) is 70.2 Å². The van der Waals surface area contributed by atoms with Gasteiger partial charge in [-0.05, 0) is 84.3 Å². The van der Waals surface area contributed by atoms with Crippen molar-refractivity contribution in [2.45, 2.75) is 26.7 Å². The van der Waals surface area contributed by atoms with Crippen molar-refractivity contribution in [2.24, 2.45) is 0 Å². The van der Waals surface area contributed by atoms with E-state index < -0.39 is 0 Å². The van der Waals surface area contributed by atoms with E-state index in [1.165, 1.54) is 33.4 Å². The maximum Gasteiger partial charge on any atom is 0.104 e. The highest BCUT2D eigenvalue weighted by Crippen LogP contribution is 2.40. The van der Waals surface area contributed by atoms with Gasteiger partial charge < -0.3 is 9.97 Å². The molecule has 1 aliphatic rings. The Morgan fingerprint density at radius 3 is 2.42 bits per heavy atom. The highest BCUT2D eigenvalue weighted by atomic mass is 14.9. The fourth-order valence-corrected chi connectivity index (χ4v) is 6.09. The number of pyridine rings is 1. The molecule has 2 N–H and O–H groups in total. The predicted octanol–water partition coefficient (Wildman–Crippen LogP) is 7.19. The van der Waals surface area contributed by atoms with Crippen LogP contribution in [0.3, 0.4) is 0 Å². The van der Waals surface area contributed by atoms with Crippen LogP contribution in [-0.4, -0.2) is 24.9 Å². The summed E-state index contributed by atoms with van der Waals surface area (Å²) < 4.78 is 0. The minimum Gasteiger partial charge on any atom is -0.342 e. The number of hydrogen-bond donors (Lipinski definition) is 2. The van der Waals surface area contributed by atoms with Crippen molar-refractivity contribution in [2.75, 3.05) is 0 Å². The molecular formula is C31H23N5. The van der Waals surface area contributed by atoms with Gasteiger partial charge in [0.15, 0.2) is 0 Å². The van der Waals surface area contributed by atoms with E-state index in [2.05, 4.69) is 64.6 Å². The first kappa shape index (κ1) is 19.8. The van der Waals surface area contributed by atoms with E-state index in [4.69, 9.17) is 15.0 Å². The fourth-order valence-electron chi connectivity index (χ4n) is 6.09. The lowest BCUT2D eigenvalue weighted by molar-refractivity contribution is 0.948. The van der Waals surface area contributed by atoms with Crippen LogP contribution < -0.4 is 0 Å². The smallest absolute Gasteiger partial charge is 0.104 e. The zero-order chi connectivity index (χ0) is 24.0. The van der Waals surface area contributed by atoms with E-state index in [0.717, 1.165) is 68.2 Å². The molecule has 4 aromatic carbocycles. The Bertz CT molecular complexity index is 2020. The number of aromatic nitrogens is 5. The van der Waals surface area contributed by atoms with Crippen LogP contribution in [0.5, 0.6) is 0 Å². The maximum atomic E-state index is 4.77. The van der Waals surface area contributed by atoms with E-state index in [1.807, 2.05) is 26.1 Å². The largest absolute Gasteiger partial charge is 0.342 e. The van der Waals surface area contributed by atoms with Crippen molar-refractivity contribution in [3.05, 3.63) is 89.6 Å². The molecule has 0 aliphatic heterocycles. The Morgan fingerprint density at radius 2 is 1.47 bits per heavy atom. The molecule has 0 unspecified atom stereocenters. The second kappa shape index (κ2) is 7.01. The van der Waals surface area contributed by atoms with Gasteiger partial charge in [-0.25, -0.2) is 9.97 Å². The number of rotatable bonds is 1. The van der Waals surface area contributed by atoms with Gasteiger partial charge in [-0.2, -0.15) is 0 Å². The highest BCUT2D eigenvalue weighted by Gasteiger charge is 2.21. The Kier molecular flexibility index (Phi) is 3.85. The number of imidazole rings is 2. The van der Waals surface area contributed by atoms with E-state index in [1.54, 1.807) is 0 Å². The lowest BCUT2D eigenvalue weighted by Gasteiger charge is -2.21. The molecular weight excluding hydrogens is 442 g/mol. The van der Waals surface area contributed by atoms with E-state index in [-0.39, 0.29) is 0 Å². The van der Waals surface area contributed by atoms with Gasteiger partial charge >= 0.3 is 0 Å². The zero-order valence-electron chi connectivity index (χ0n) is 20.1. The Balaban J connectivity index is 1.31. The SMILES string of the molecule is Cc1nc2c3c(ccc2[nH]1)-c1ccc(-c2ccc4c(c2)c2ncccc2c2nc(C)[nH]c42)cc1CC3. The summed E-state index contributed by atoms with van der Waals surface area (Å²) >= 11 is 0. The van der Waals surface area contributed by atoms with Gasteiger partial charge in [-0.1, -0.05) is 36.4 Å². The molecule has 0 amide bonds. The second-order valence-electron chi connectivity index (χ2n) is 9.89. The van der Waals surface area contributed by atoms with Crippen molar-refractivity contribution in [3.8, 4) is 22.3 Å². The molecule has 0 atom stereocenters. The van der Waals surface area contributed by atoms with Gasteiger partial charge in [0, 0.05) is 22.4 Å². The van der Waals surface area contributed by atoms with Crippen LogP contribution in [0, 0.1) is 13.8 Å². The molecule has 0 spiro atoms. The second-order valence-corrected chi connectivity index (χ2v) is 9.89. The van der Waals surface area contributed by atoms with E-state index in [0.29, 0.717) is 0 Å². The molecule has 5 nitrogen and oxygen atoms in total. The van der Waals surface area contributed by atoms with Gasteiger partial charge in [0.2, 0.25) is 0 Å². The third-order valence-electron chi connectivity index (χ3n) is 7.68. The molecule has 172 valence electrons. The molecule has 8 rings (SSSR count). The molecule has 0 bridgehead atoms.